The van der Waals surface area contributed by atoms with Crippen molar-refractivity contribution in [2.24, 2.45) is 0 Å². The summed E-state index contributed by atoms with van der Waals surface area (Å²) in [6.07, 6.45) is 3.24. The second-order valence-corrected chi connectivity index (χ2v) is 7.53. The number of nitrogens with one attached hydrogen (secondary N) is 2. The minimum absolute atomic E-state index is 0.159. The predicted octanol–water partition coefficient (Wildman–Crippen LogP) is 5.50. The molecule has 0 spiro atoms. The number of benzene rings is 1. The van der Waals surface area contributed by atoms with Crippen molar-refractivity contribution in [3.63, 3.8) is 0 Å². The number of nitrogens with zero attached hydrogens (tertiary/aromatic N) is 1. The zero-order chi connectivity index (χ0) is 19.3. The highest BCUT2D eigenvalue weighted by Crippen LogP contribution is 2.37. The Hall–Kier alpha value is -3.38. The number of anilines is 2. The van der Waals surface area contributed by atoms with Gasteiger partial charge in [0.25, 0.3) is 5.91 Å². The van der Waals surface area contributed by atoms with Gasteiger partial charge in [-0.05, 0) is 42.8 Å². The maximum Gasteiger partial charge on any atom is 0.291 e. The highest BCUT2D eigenvalue weighted by Gasteiger charge is 2.22. The van der Waals surface area contributed by atoms with Crippen molar-refractivity contribution >= 4 is 28.1 Å². The molecule has 28 heavy (non-hydrogen) atoms. The number of furan rings is 1. The summed E-state index contributed by atoms with van der Waals surface area (Å²) in [6.45, 7) is 2.03. The molecule has 0 radical (unpaired) electrons. The summed E-state index contributed by atoms with van der Waals surface area (Å²) in [5.41, 5.74) is 2.07. The molecule has 0 fully saturated rings. The van der Waals surface area contributed by atoms with Crippen molar-refractivity contribution in [3.8, 4) is 0 Å². The third-order valence-corrected chi connectivity index (χ3v) is 5.24. The number of thiophene rings is 1. The molecule has 0 saturated heterocycles. The third kappa shape index (κ3) is 3.97. The van der Waals surface area contributed by atoms with Gasteiger partial charge in [-0.1, -0.05) is 36.4 Å². The van der Waals surface area contributed by atoms with Crippen molar-refractivity contribution in [1.29, 1.82) is 0 Å². The Bertz CT molecular complexity index is 1040. The summed E-state index contributed by atoms with van der Waals surface area (Å²) in [7, 11) is 0. The second kappa shape index (κ2) is 8.10. The van der Waals surface area contributed by atoms with Crippen LogP contribution >= 0.6 is 11.3 Å². The molecule has 3 aromatic heterocycles. The van der Waals surface area contributed by atoms with E-state index in [4.69, 9.17) is 4.42 Å². The number of aryl methyl sites for hydroxylation is 1. The van der Waals surface area contributed by atoms with Crippen LogP contribution in [0.15, 0.2) is 83.6 Å². The zero-order valence-corrected chi connectivity index (χ0v) is 16.1. The summed E-state index contributed by atoms with van der Waals surface area (Å²) in [5, 5.41) is 7.28. The number of rotatable bonds is 6. The monoisotopic (exact) mass is 389 g/mol. The Kier molecular flexibility index (Phi) is 5.21. The molecule has 0 aliphatic rings. The topological polar surface area (TPSA) is 67.2 Å². The van der Waals surface area contributed by atoms with Crippen LogP contribution < -0.4 is 10.6 Å². The van der Waals surface area contributed by atoms with Gasteiger partial charge in [0.1, 0.15) is 10.8 Å². The molecule has 1 atom stereocenters. The minimum Gasteiger partial charge on any atom is -0.459 e. The van der Waals surface area contributed by atoms with Crippen LogP contribution in [0.25, 0.3) is 0 Å². The Balaban J connectivity index is 1.71. The second-order valence-electron chi connectivity index (χ2n) is 6.28. The SMILES string of the molecule is Cc1cc(C(Nc2ccccn2)c2ccccc2)c(NC(=O)c2ccco2)s1. The number of aromatic nitrogens is 1. The average molecular weight is 389 g/mol. The number of carbonyl (C=O) groups excluding carboxylic acids is 1. The number of amides is 1. The van der Waals surface area contributed by atoms with Gasteiger partial charge in [-0.2, -0.15) is 0 Å². The van der Waals surface area contributed by atoms with Crippen LogP contribution in [0.3, 0.4) is 0 Å². The van der Waals surface area contributed by atoms with Gasteiger partial charge < -0.3 is 15.1 Å². The van der Waals surface area contributed by atoms with Gasteiger partial charge in [-0.3, -0.25) is 4.79 Å². The Labute approximate surface area is 167 Å². The minimum atomic E-state index is -0.266. The first-order valence-corrected chi connectivity index (χ1v) is 9.70. The van der Waals surface area contributed by atoms with E-state index < -0.39 is 0 Å². The first-order chi connectivity index (χ1) is 13.7. The zero-order valence-electron chi connectivity index (χ0n) is 15.3. The van der Waals surface area contributed by atoms with E-state index in [-0.39, 0.29) is 17.7 Å². The summed E-state index contributed by atoms with van der Waals surface area (Å²) in [5.74, 6) is 0.784. The molecule has 4 aromatic rings. The van der Waals surface area contributed by atoms with Crippen LogP contribution in [0.1, 0.15) is 32.6 Å². The van der Waals surface area contributed by atoms with Crippen LogP contribution in [0.4, 0.5) is 10.8 Å². The maximum absolute atomic E-state index is 12.5. The molecule has 0 aliphatic heterocycles. The van der Waals surface area contributed by atoms with Gasteiger partial charge in [0.15, 0.2) is 5.76 Å². The molecular formula is C22H19N3O2S. The van der Waals surface area contributed by atoms with Gasteiger partial charge in [0.05, 0.1) is 12.3 Å². The van der Waals surface area contributed by atoms with Crippen molar-refractivity contribution in [2.75, 3.05) is 10.6 Å². The van der Waals surface area contributed by atoms with E-state index in [9.17, 15) is 4.79 Å². The first kappa shape index (κ1) is 18.0. The lowest BCUT2D eigenvalue weighted by atomic mass is 10.00. The molecule has 6 heteroatoms. The van der Waals surface area contributed by atoms with Gasteiger partial charge in [-0.25, -0.2) is 4.98 Å². The number of carbonyl (C=O) groups is 1. The highest BCUT2D eigenvalue weighted by atomic mass is 32.1. The molecule has 0 bridgehead atoms. The molecule has 2 N–H and O–H groups in total. The predicted molar refractivity (Wildman–Crippen MR) is 112 cm³/mol. The molecule has 4 rings (SSSR count). The van der Waals surface area contributed by atoms with E-state index in [1.807, 2.05) is 43.3 Å². The van der Waals surface area contributed by atoms with E-state index in [1.165, 1.54) is 17.6 Å². The van der Waals surface area contributed by atoms with Crippen LogP contribution in [-0.4, -0.2) is 10.9 Å². The summed E-state index contributed by atoms with van der Waals surface area (Å²) in [4.78, 5) is 18.0. The lowest BCUT2D eigenvalue weighted by Crippen LogP contribution is -2.16. The molecule has 0 aliphatic carbocycles. The summed E-state index contributed by atoms with van der Waals surface area (Å²) in [6, 6.07) is 21.1. The number of hydrogen-bond donors (Lipinski definition) is 2. The van der Waals surface area contributed by atoms with Crippen LogP contribution in [-0.2, 0) is 0 Å². The normalized spacial score (nSPS) is 11.8. The van der Waals surface area contributed by atoms with Crippen molar-refractivity contribution < 1.29 is 9.21 Å². The van der Waals surface area contributed by atoms with Gasteiger partial charge in [-0.15, -0.1) is 11.3 Å². The molecule has 140 valence electrons. The maximum atomic E-state index is 12.5. The quantitative estimate of drug-likeness (QED) is 0.457. The lowest BCUT2D eigenvalue weighted by molar-refractivity contribution is 0.0997. The molecule has 3 heterocycles. The molecular weight excluding hydrogens is 370 g/mol. The van der Waals surface area contributed by atoms with E-state index in [0.29, 0.717) is 0 Å². The molecule has 1 amide bonds. The fraction of sp³-hybridized carbons (Fsp3) is 0.0909. The van der Waals surface area contributed by atoms with Gasteiger partial charge in [0, 0.05) is 16.6 Å². The summed E-state index contributed by atoms with van der Waals surface area (Å²) < 4.78 is 5.22. The average Bonchev–Trinajstić information content (AvgIpc) is 3.38. The Morgan fingerprint density at radius 1 is 1.07 bits per heavy atom. The lowest BCUT2D eigenvalue weighted by Gasteiger charge is -2.21. The van der Waals surface area contributed by atoms with Crippen molar-refractivity contribution in [2.45, 2.75) is 13.0 Å². The van der Waals surface area contributed by atoms with Crippen LogP contribution in [0.2, 0.25) is 0 Å². The molecule has 1 aromatic carbocycles. The van der Waals surface area contributed by atoms with E-state index in [1.54, 1.807) is 18.3 Å². The fourth-order valence-electron chi connectivity index (χ4n) is 3.00. The van der Waals surface area contributed by atoms with Crippen LogP contribution in [0, 0.1) is 6.92 Å². The largest absolute Gasteiger partial charge is 0.459 e. The van der Waals surface area contributed by atoms with Gasteiger partial charge >= 0.3 is 0 Å². The van der Waals surface area contributed by atoms with E-state index in [2.05, 4.69) is 33.8 Å². The van der Waals surface area contributed by atoms with Gasteiger partial charge in [0.2, 0.25) is 0 Å². The Morgan fingerprint density at radius 2 is 1.89 bits per heavy atom. The number of hydrogen-bond acceptors (Lipinski definition) is 5. The van der Waals surface area contributed by atoms with E-state index in [0.717, 1.165) is 26.8 Å². The van der Waals surface area contributed by atoms with E-state index >= 15 is 0 Å². The standard InChI is InChI=1S/C22H19N3O2S/c1-15-14-17(22(28-15)25-21(26)18-10-7-13-27-18)20(16-8-3-2-4-9-16)24-19-11-5-6-12-23-19/h2-14,20H,1H3,(H,23,24)(H,25,26). The fourth-order valence-corrected chi connectivity index (χ4v) is 3.95. The van der Waals surface area contributed by atoms with Crippen LogP contribution in [0.5, 0.6) is 0 Å². The molecule has 1 unspecified atom stereocenters. The summed E-state index contributed by atoms with van der Waals surface area (Å²) >= 11 is 1.54. The highest BCUT2D eigenvalue weighted by molar-refractivity contribution is 7.16. The molecule has 5 nitrogen and oxygen atoms in total. The molecule has 0 saturated carbocycles. The third-order valence-electron chi connectivity index (χ3n) is 4.26. The number of pyridine rings is 1. The smallest absolute Gasteiger partial charge is 0.291 e. The van der Waals surface area contributed by atoms with Crippen molar-refractivity contribution in [3.05, 3.63) is 101 Å². The first-order valence-electron chi connectivity index (χ1n) is 8.88. The van der Waals surface area contributed by atoms with Crippen molar-refractivity contribution in [1.82, 2.24) is 4.98 Å². The Morgan fingerprint density at radius 3 is 2.61 bits per heavy atom.